The molecule has 0 aromatic carbocycles. The van der Waals surface area contributed by atoms with Gasteiger partial charge in [-0.25, -0.2) is 28.2 Å². The first-order chi connectivity index (χ1) is 8.41. The van der Waals surface area contributed by atoms with Crippen LogP contribution in [0.15, 0.2) is 16.9 Å². The molecule has 0 aliphatic rings. The SMILES string of the molecule is CN(C)C=NC(=CN(C)C)C=[N+](C)C.[O-][Cl+3]([O-])([O-])[O-]. The van der Waals surface area contributed by atoms with Crippen molar-refractivity contribution in [1.82, 2.24) is 9.80 Å². The molecule has 0 saturated carbocycles. The van der Waals surface area contributed by atoms with E-state index in [4.69, 9.17) is 18.6 Å². The standard InChI is InChI=1S/C10H21N4.ClHO4/c1-12(2)7-10(8-13(3)4)11-9-14(5)6;2-1(3,4)5/h7-9H,1-6H3;(H,2,3,4,5)/q+1;/p-1. The largest absolute Gasteiger partial charge is 0.382 e. The molecule has 0 amide bonds. The fraction of sp³-hybridized carbons (Fsp3) is 0.600. The van der Waals surface area contributed by atoms with Crippen LogP contribution < -0.4 is 18.6 Å². The van der Waals surface area contributed by atoms with Gasteiger partial charge >= 0.3 is 0 Å². The van der Waals surface area contributed by atoms with Crippen molar-refractivity contribution in [2.45, 2.75) is 0 Å². The highest BCUT2D eigenvalue weighted by atomic mass is 35.7. The minimum Gasteiger partial charge on any atom is -0.382 e. The summed E-state index contributed by atoms with van der Waals surface area (Å²) in [6.07, 6.45) is 5.73. The van der Waals surface area contributed by atoms with Gasteiger partial charge in [0.2, 0.25) is 0 Å². The van der Waals surface area contributed by atoms with Crippen LogP contribution >= 0.6 is 0 Å². The zero-order valence-corrected chi connectivity index (χ0v) is 12.8. The molecule has 112 valence electrons. The molecule has 0 bridgehead atoms. The van der Waals surface area contributed by atoms with Crippen LogP contribution in [0.1, 0.15) is 0 Å². The van der Waals surface area contributed by atoms with E-state index in [-0.39, 0.29) is 0 Å². The monoisotopic (exact) mass is 296 g/mol. The fourth-order valence-electron chi connectivity index (χ4n) is 0.811. The first-order valence-corrected chi connectivity index (χ1v) is 6.37. The summed E-state index contributed by atoms with van der Waals surface area (Å²) in [6, 6.07) is 0. The molecule has 0 aliphatic heterocycles. The van der Waals surface area contributed by atoms with Gasteiger partial charge in [0.25, 0.3) is 0 Å². The topological polar surface area (TPSA) is 114 Å². The Morgan fingerprint density at radius 3 is 1.68 bits per heavy atom. The third kappa shape index (κ3) is 26.4. The molecule has 0 spiro atoms. The van der Waals surface area contributed by atoms with E-state index in [0.717, 1.165) is 5.70 Å². The van der Waals surface area contributed by atoms with Crippen LogP contribution in [-0.2, 0) is 0 Å². The van der Waals surface area contributed by atoms with Gasteiger partial charge in [0.15, 0.2) is 6.21 Å². The summed E-state index contributed by atoms with van der Waals surface area (Å²) in [5.41, 5.74) is 0.925. The number of nitrogens with zero attached hydrogens (tertiary/aromatic N) is 4. The van der Waals surface area contributed by atoms with Gasteiger partial charge in [0.05, 0.1) is 6.34 Å². The maximum Gasteiger partial charge on any atom is 0.190 e. The highest BCUT2D eigenvalue weighted by Gasteiger charge is 1.95. The molecule has 0 N–H and O–H groups in total. The van der Waals surface area contributed by atoms with Gasteiger partial charge in [-0.1, -0.05) is 0 Å². The van der Waals surface area contributed by atoms with Gasteiger partial charge in [-0.2, -0.15) is 0 Å². The van der Waals surface area contributed by atoms with E-state index in [9.17, 15) is 0 Å². The molecule has 0 rings (SSSR count). The van der Waals surface area contributed by atoms with Crippen molar-refractivity contribution in [2.24, 2.45) is 4.99 Å². The predicted molar refractivity (Wildman–Crippen MR) is 62.1 cm³/mol. The number of allylic oxidation sites excluding steroid dienone is 1. The smallest absolute Gasteiger partial charge is 0.190 e. The number of aliphatic imine (C=N–C) groups is 1. The molecule has 0 aliphatic carbocycles. The third-order valence-electron chi connectivity index (χ3n) is 1.22. The lowest BCUT2D eigenvalue weighted by Gasteiger charge is -2.17. The van der Waals surface area contributed by atoms with Gasteiger partial charge in [-0.3, -0.25) is 0 Å². The van der Waals surface area contributed by atoms with Crippen molar-refractivity contribution in [3.05, 3.63) is 11.9 Å². The average molecular weight is 297 g/mol. The average Bonchev–Trinajstić information content (AvgIpc) is 2.09. The Kier molecular flexibility index (Phi) is 10.3. The zero-order chi connectivity index (χ0) is 15.6. The number of hydrogen-bond donors (Lipinski definition) is 0. The molecule has 0 radical (unpaired) electrons. The van der Waals surface area contributed by atoms with E-state index in [1.54, 1.807) is 6.34 Å². The highest BCUT2D eigenvalue weighted by Crippen LogP contribution is 1.93. The summed E-state index contributed by atoms with van der Waals surface area (Å²) < 4.78 is 35.9. The van der Waals surface area contributed by atoms with Crippen molar-refractivity contribution >= 4 is 12.6 Å². The van der Waals surface area contributed by atoms with E-state index in [1.165, 1.54) is 0 Å². The van der Waals surface area contributed by atoms with Crippen LogP contribution in [0.3, 0.4) is 0 Å². The van der Waals surface area contributed by atoms with Crippen LogP contribution in [0.4, 0.5) is 0 Å². The molecule has 19 heavy (non-hydrogen) atoms. The Labute approximate surface area is 115 Å². The highest BCUT2D eigenvalue weighted by molar-refractivity contribution is 5.76. The summed E-state index contributed by atoms with van der Waals surface area (Å²) >= 11 is 0. The van der Waals surface area contributed by atoms with E-state index in [1.807, 2.05) is 69.1 Å². The predicted octanol–water partition coefficient (Wildman–Crippen LogP) is -4.43. The molecule has 0 aromatic rings. The van der Waals surface area contributed by atoms with Gasteiger partial charge in [-0.15, -0.1) is 10.2 Å². The van der Waals surface area contributed by atoms with Crippen molar-refractivity contribution in [2.75, 3.05) is 42.3 Å². The van der Waals surface area contributed by atoms with E-state index in [0.29, 0.717) is 0 Å². The van der Waals surface area contributed by atoms with Crippen LogP contribution in [0.25, 0.3) is 0 Å². The minimum absolute atomic E-state index is 0.925. The molecular formula is C10H21ClN4O4. The lowest BCUT2D eigenvalue weighted by atomic mass is 10.5. The number of hydrogen-bond acceptors (Lipinski definition) is 6. The first kappa shape index (κ1) is 20.1. The fourth-order valence-corrected chi connectivity index (χ4v) is 0.811. The van der Waals surface area contributed by atoms with Gasteiger partial charge < -0.3 is 9.80 Å². The lowest BCUT2D eigenvalue weighted by molar-refractivity contribution is -2.00. The Morgan fingerprint density at radius 2 is 1.42 bits per heavy atom. The van der Waals surface area contributed by atoms with Crippen molar-refractivity contribution in [3.63, 3.8) is 0 Å². The van der Waals surface area contributed by atoms with E-state index >= 15 is 0 Å². The zero-order valence-electron chi connectivity index (χ0n) is 12.0. The summed E-state index contributed by atoms with van der Waals surface area (Å²) in [6.45, 7) is 0. The maximum absolute atomic E-state index is 8.49. The second-order valence-corrected chi connectivity index (χ2v) is 4.95. The Balaban J connectivity index is 0. The maximum atomic E-state index is 8.49. The Bertz CT molecular complexity index is 325. The molecule has 0 atom stereocenters. The van der Waals surface area contributed by atoms with Crippen LogP contribution in [-0.4, -0.2) is 69.2 Å². The molecule has 9 heteroatoms. The Hall–Kier alpha value is -1.19. The summed E-state index contributed by atoms with van der Waals surface area (Å²) in [5.74, 6) is 0. The van der Waals surface area contributed by atoms with Gasteiger partial charge in [0, 0.05) is 34.4 Å². The Morgan fingerprint density at radius 1 is 1.00 bits per heavy atom. The van der Waals surface area contributed by atoms with Crippen molar-refractivity contribution < 1.29 is 33.5 Å². The molecule has 0 aromatic heterocycles. The van der Waals surface area contributed by atoms with Crippen molar-refractivity contribution in [1.29, 1.82) is 0 Å². The quantitative estimate of drug-likeness (QED) is 0.294. The molecule has 0 heterocycles. The van der Waals surface area contributed by atoms with Crippen LogP contribution in [0.5, 0.6) is 0 Å². The number of halogens is 1. The molecule has 0 fully saturated rings. The van der Waals surface area contributed by atoms with Crippen LogP contribution in [0.2, 0.25) is 0 Å². The molecule has 0 saturated heterocycles. The van der Waals surface area contributed by atoms with Crippen molar-refractivity contribution in [3.8, 4) is 0 Å². The molecule has 8 nitrogen and oxygen atoms in total. The van der Waals surface area contributed by atoms with E-state index in [2.05, 4.69) is 4.99 Å². The van der Waals surface area contributed by atoms with Gasteiger partial charge in [-0.05, 0) is 0 Å². The van der Waals surface area contributed by atoms with Gasteiger partial charge in [0.1, 0.15) is 19.8 Å². The first-order valence-electron chi connectivity index (χ1n) is 5.13. The summed E-state index contributed by atoms with van der Waals surface area (Å²) in [7, 11) is 6.88. The van der Waals surface area contributed by atoms with Crippen LogP contribution in [0, 0.1) is 10.2 Å². The normalized spacial score (nSPS) is 11.8. The molecule has 0 unspecified atom stereocenters. The second-order valence-electron chi connectivity index (χ2n) is 4.20. The molecular weight excluding hydrogens is 276 g/mol. The second kappa shape index (κ2) is 9.70. The number of rotatable bonds is 4. The third-order valence-corrected chi connectivity index (χ3v) is 1.22. The lowest BCUT2D eigenvalue weighted by Crippen LogP contribution is -2.68. The minimum atomic E-state index is -4.94. The van der Waals surface area contributed by atoms with E-state index < -0.39 is 10.2 Å². The summed E-state index contributed by atoms with van der Waals surface area (Å²) in [5, 5.41) is 0. The summed E-state index contributed by atoms with van der Waals surface area (Å²) in [4.78, 5) is 8.21.